The van der Waals surface area contributed by atoms with Crippen LogP contribution in [-0.2, 0) is 4.79 Å². The minimum atomic E-state index is -0.288. The average molecular weight is 482 g/mol. The number of halogens is 1. The van der Waals surface area contributed by atoms with E-state index in [0.29, 0.717) is 11.7 Å². The van der Waals surface area contributed by atoms with E-state index in [1.54, 1.807) is 12.1 Å². The molecule has 3 aromatic rings. The Kier molecular flexibility index (Phi) is 8.34. The zero-order valence-electron chi connectivity index (χ0n) is 19.8. The fourth-order valence-corrected chi connectivity index (χ4v) is 5.08. The van der Waals surface area contributed by atoms with Crippen molar-refractivity contribution in [2.75, 3.05) is 25.4 Å². The van der Waals surface area contributed by atoms with Gasteiger partial charge in [-0.1, -0.05) is 55.4 Å². The number of nitrogens with one attached hydrogen (secondary N) is 1. The van der Waals surface area contributed by atoms with E-state index >= 15 is 0 Å². The largest absolute Gasteiger partial charge is 0.355 e. The Balaban J connectivity index is 1.46. The van der Waals surface area contributed by atoms with Gasteiger partial charge in [0.25, 0.3) is 0 Å². The van der Waals surface area contributed by atoms with Gasteiger partial charge in [0.05, 0.1) is 11.8 Å². The van der Waals surface area contributed by atoms with Crippen molar-refractivity contribution in [1.29, 1.82) is 0 Å². The summed E-state index contributed by atoms with van der Waals surface area (Å²) in [5.74, 6) is 0.943. The van der Waals surface area contributed by atoms with Gasteiger partial charge >= 0.3 is 0 Å². The van der Waals surface area contributed by atoms with E-state index in [-0.39, 0.29) is 29.4 Å². The van der Waals surface area contributed by atoms with Crippen molar-refractivity contribution in [3.8, 4) is 5.69 Å². The summed E-state index contributed by atoms with van der Waals surface area (Å²) in [7, 11) is 0. The highest BCUT2D eigenvalue weighted by molar-refractivity contribution is 7.99. The van der Waals surface area contributed by atoms with Crippen molar-refractivity contribution in [2.45, 2.75) is 50.2 Å². The van der Waals surface area contributed by atoms with Gasteiger partial charge in [0.1, 0.15) is 5.82 Å². The maximum atomic E-state index is 13.6. The van der Waals surface area contributed by atoms with Gasteiger partial charge in [-0.25, -0.2) is 4.39 Å². The van der Waals surface area contributed by atoms with Crippen molar-refractivity contribution in [2.24, 2.45) is 0 Å². The molecule has 6 nitrogen and oxygen atoms in total. The highest BCUT2D eigenvalue weighted by atomic mass is 32.2. The Morgan fingerprint density at radius 2 is 1.74 bits per heavy atom. The first-order chi connectivity index (χ1) is 16.5. The normalized spacial score (nSPS) is 16.2. The zero-order chi connectivity index (χ0) is 23.9. The van der Waals surface area contributed by atoms with Crippen molar-refractivity contribution in [3.05, 3.63) is 71.8 Å². The number of amides is 1. The fourth-order valence-electron chi connectivity index (χ4n) is 4.29. The second-order valence-electron chi connectivity index (χ2n) is 8.83. The molecule has 1 aliphatic heterocycles. The third kappa shape index (κ3) is 6.04. The van der Waals surface area contributed by atoms with Gasteiger partial charge in [-0.2, -0.15) is 0 Å². The maximum Gasteiger partial charge on any atom is 0.230 e. The van der Waals surface area contributed by atoms with Crippen molar-refractivity contribution in [3.63, 3.8) is 0 Å². The molecule has 2 aromatic carbocycles. The Hall–Kier alpha value is -2.71. The number of carbonyl (C=O) groups is 1. The second-order valence-corrected chi connectivity index (χ2v) is 9.77. The number of benzene rings is 2. The summed E-state index contributed by atoms with van der Waals surface area (Å²) in [6, 6.07) is 16.6. The molecular weight excluding hydrogens is 449 g/mol. The van der Waals surface area contributed by atoms with Crippen LogP contribution in [0.25, 0.3) is 5.69 Å². The molecule has 1 aliphatic rings. The van der Waals surface area contributed by atoms with Crippen LogP contribution < -0.4 is 5.32 Å². The highest BCUT2D eigenvalue weighted by Gasteiger charge is 2.26. The van der Waals surface area contributed by atoms with Crippen LogP contribution in [0.4, 0.5) is 4.39 Å². The van der Waals surface area contributed by atoms with Crippen molar-refractivity contribution in [1.82, 2.24) is 25.0 Å². The lowest BCUT2D eigenvalue weighted by atomic mass is 10.0. The SMILES string of the molecule is C[C@H](CNC(=O)CSc1nnc([C@@H](C)N2CCCCC2)n1-c1ccc(F)cc1)c1ccccc1. The molecule has 0 saturated carbocycles. The molecule has 8 heteroatoms. The number of thioether (sulfide) groups is 1. The number of rotatable bonds is 9. The van der Waals surface area contributed by atoms with Crippen LogP contribution in [0.1, 0.15) is 56.5 Å². The Bertz CT molecular complexity index is 1070. The smallest absolute Gasteiger partial charge is 0.230 e. The molecule has 2 atom stereocenters. The molecule has 0 unspecified atom stereocenters. The van der Waals surface area contributed by atoms with Crippen LogP contribution in [0.2, 0.25) is 0 Å². The van der Waals surface area contributed by atoms with E-state index in [9.17, 15) is 9.18 Å². The minimum absolute atomic E-state index is 0.0490. The Labute approximate surface area is 205 Å². The van der Waals surface area contributed by atoms with Gasteiger partial charge < -0.3 is 5.32 Å². The lowest BCUT2D eigenvalue weighted by molar-refractivity contribution is -0.118. The van der Waals surface area contributed by atoms with Crippen molar-refractivity contribution >= 4 is 17.7 Å². The Morgan fingerprint density at radius 1 is 1.03 bits per heavy atom. The standard InChI is InChI=1S/C26H32FN5OS/c1-19(21-9-5-3-6-10-21)17-28-24(33)18-34-26-30-29-25(20(2)31-15-7-4-8-16-31)32(26)23-13-11-22(27)12-14-23/h3,5-6,9-14,19-20H,4,7-8,15-18H2,1-2H3,(H,28,33)/t19-,20-/m1/s1. The third-order valence-corrected chi connectivity index (χ3v) is 7.29. The second kappa shape index (κ2) is 11.6. The molecule has 0 bridgehead atoms. The molecule has 1 aromatic heterocycles. The summed E-state index contributed by atoms with van der Waals surface area (Å²) < 4.78 is 15.6. The van der Waals surface area contributed by atoms with Gasteiger partial charge in [-0.3, -0.25) is 14.3 Å². The molecule has 0 radical (unpaired) electrons. The molecule has 0 aliphatic carbocycles. The molecule has 2 heterocycles. The highest BCUT2D eigenvalue weighted by Crippen LogP contribution is 2.29. The van der Waals surface area contributed by atoms with E-state index in [2.05, 4.69) is 46.4 Å². The molecule has 1 amide bonds. The first-order valence-corrected chi connectivity index (χ1v) is 12.9. The molecule has 0 spiro atoms. The molecule has 1 fully saturated rings. The van der Waals surface area contributed by atoms with Crippen LogP contribution >= 0.6 is 11.8 Å². The summed E-state index contributed by atoms with van der Waals surface area (Å²) in [6.07, 6.45) is 3.61. The number of hydrogen-bond acceptors (Lipinski definition) is 5. The lowest BCUT2D eigenvalue weighted by Gasteiger charge is -2.31. The van der Waals surface area contributed by atoms with Gasteiger partial charge in [0.15, 0.2) is 11.0 Å². The first kappa shape index (κ1) is 24.4. The quantitative estimate of drug-likeness (QED) is 0.438. The van der Waals surface area contributed by atoms with Gasteiger partial charge in [0, 0.05) is 12.2 Å². The average Bonchev–Trinajstić information content (AvgIpc) is 3.31. The van der Waals surface area contributed by atoms with E-state index in [0.717, 1.165) is 24.6 Å². The van der Waals surface area contributed by atoms with E-state index in [1.807, 2.05) is 22.8 Å². The van der Waals surface area contributed by atoms with Crippen LogP contribution in [0.15, 0.2) is 59.8 Å². The van der Waals surface area contributed by atoms with Gasteiger partial charge in [-0.15, -0.1) is 10.2 Å². The summed E-state index contributed by atoms with van der Waals surface area (Å²) in [6.45, 7) is 6.87. The van der Waals surface area contributed by atoms with Crippen LogP contribution in [0.3, 0.4) is 0 Å². The van der Waals surface area contributed by atoms with Crippen LogP contribution in [-0.4, -0.2) is 51.0 Å². The number of piperidine rings is 1. The minimum Gasteiger partial charge on any atom is -0.355 e. The zero-order valence-corrected chi connectivity index (χ0v) is 20.6. The summed E-state index contributed by atoms with van der Waals surface area (Å²) in [5.41, 5.74) is 1.99. The summed E-state index contributed by atoms with van der Waals surface area (Å²) in [4.78, 5) is 15.0. The molecular formula is C26H32FN5OS. The van der Waals surface area contributed by atoms with Crippen molar-refractivity contribution < 1.29 is 9.18 Å². The van der Waals surface area contributed by atoms with Crippen LogP contribution in [0.5, 0.6) is 0 Å². The third-order valence-electron chi connectivity index (χ3n) is 6.36. The summed E-state index contributed by atoms with van der Waals surface area (Å²) in [5, 5.41) is 12.6. The Morgan fingerprint density at radius 3 is 2.44 bits per heavy atom. The molecule has 1 saturated heterocycles. The van der Waals surface area contributed by atoms with E-state index in [1.165, 1.54) is 48.7 Å². The van der Waals surface area contributed by atoms with Crippen LogP contribution in [0, 0.1) is 5.82 Å². The van der Waals surface area contributed by atoms with E-state index < -0.39 is 0 Å². The van der Waals surface area contributed by atoms with Gasteiger partial charge in [0.2, 0.25) is 5.91 Å². The number of carbonyl (C=O) groups excluding carboxylic acids is 1. The predicted octanol–water partition coefficient (Wildman–Crippen LogP) is 4.97. The van der Waals surface area contributed by atoms with Gasteiger partial charge in [-0.05, 0) is 68.6 Å². The molecule has 1 N–H and O–H groups in total. The molecule has 180 valence electrons. The first-order valence-electron chi connectivity index (χ1n) is 11.9. The number of nitrogens with zero attached hydrogens (tertiary/aromatic N) is 4. The number of likely N-dealkylation sites (tertiary alicyclic amines) is 1. The molecule has 4 rings (SSSR count). The number of aromatic nitrogens is 3. The number of hydrogen-bond donors (Lipinski definition) is 1. The molecule has 34 heavy (non-hydrogen) atoms. The predicted molar refractivity (Wildman–Crippen MR) is 134 cm³/mol. The monoisotopic (exact) mass is 481 g/mol. The summed E-state index contributed by atoms with van der Waals surface area (Å²) >= 11 is 1.35. The van der Waals surface area contributed by atoms with E-state index in [4.69, 9.17) is 0 Å². The topological polar surface area (TPSA) is 63.1 Å². The maximum absolute atomic E-state index is 13.6. The lowest BCUT2D eigenvalue weighted by Crippen LogP contribution is -2.33. The fraction of sp³-hybridized carbons (Fsp3) is 0.423.